The normalized spacial score (nSPS) is 23.2. The maximum atomic E-state index is 13.6. The van der Waals surface area contributed by atoms with Gasteiger partial charge < -0.3 is 14.9 Å². The predicted molar refractivity (Wildman–Crippen MR) is 68.9 cm³/mol. The Hall–Kier alpha value is -1.71. The Labute approximate surface area is 120 Å². The van der Waals surface area contributed by atoms with Crippen molar-refractivity contribution >= 4 is 16.0 Å². The molecule has 0 bridgehead atoms. The van der Waals surface area contributed by atoms with Crippen LogP contribution in [-0.4, -0.2) is 54.7 Å². The summed E-state index contributed by atoms with van der Waals surface area (Å²) in [6.07, 6.45) is -1.27. The molecule has 1 fully saturated rings. The van der Waals surface area contributed by atoms with Gasteiger partial charge in [0.2, 0.25) is 10.0 Å². The molecule has 0 radical (unpaired) electrons. The van der Waals surface area contributed by atoms with E-state index in [2.05, 4.69) is 0 Å². The summed E-state index contributed by atoms with van der Waals surface area (Å²) >= 11 is 0. The molecule has 2 rings (SSSR count). The lowest BCUT2D eigenvalue weighted by molar-refractivity contribution is -0.140. The van der Waals surface area contributed by atoms with Crippen molar-refractivity contribution in [3.63, 3.8) is 0 Å². The number of aliphatic hydroxyl groups is 1. The Morgan fingerprint density at radius 3 is 2.67 bits per heavy atom. The fraction of sp³-hybridized carbons (Fsp3) is 0.417. The molecular formula is C12H14FNO6S. The lowest BCUT2D eigenvalue weighted by atomic mass is 10.2. The largest absolute Gasteiger partial charge is 0.494 e. The minimum absolute atomic E-state index is 0.120. The molecule has 9 heteroatoms. The monoisotopic (exact) mass is 319 g/mol. The Kier molecular flexibility index (Phi) is 4.17. The smallest absolute Gasteiger partial charge is 0.322 e. The van der Waals surface area contributed by atoms with Gasteiger partial charge in [0.05, 0.1) is 18.1 Å². The molecule has 21 heavy (non-hydrogen) atoms. The number of hydrogen-bond donors (Lipinski definition) is 2. The number of β-amino-alcohol motifs (C(OH)–C–C–N with tert-alkyl or cyclic N) is 1. The number of ether oxygens (including phenoxy) is 1. The summed E-state index contributed by atoms with van der Waals surface area (Å²) in [5, 5.41) is 18.5. The van der Waals surface area contributed by atoms with Crippen LogP contribution in [0.4, 0.5) is 4.39 Å². The topological polar surface area (TPSA) is 104 Å². The number of rotatable bonds is 4. The molecule has 0 spiro atoms. The summed E-state index contributed by atoms with van der Waals surface area (Å²) in [7, 11) is -2.98. The highest BCUT2D eigenvalue weighted by Gasteiger charge is 2.43. The molecule has 1 aromatic carbocycles. The molecule has 1 aromatic rings. The molecule has 0 unspecified atom stereocenters. The van der Waals surface area contributed by atoms with E-state index in [1.54, 1.807) is 0 Å². The molecule has 0 amide bonds. The van der Waals surface area contributed by atoms with Crippen molar-refractivity contribution in [3.8, 4) is 5.75 Å². The number of carboxylic acid groups (broad SMARTS) is 1. The van der Waals surface area contributed by atoms with Crippen LogP contribution in [0, 0.1) is 5.82 Å². The van der Waals surface area contributed by atoms with Crippen molar-refractivity contribution in [2.75, 3.05) is 13.7 Å². The number of carbonyl (C=O) groups is 1. The Bertz CT molecular complexity index is 662. The first kappa shape index (κ1) is 15.7. The van der Waals surface area contributed by atoms with Crippen molar-refractivity contribution in [2.24, 2.45) is 0 Å². The van der Waals surface area contributed by atoms with E-state index in [0.717, 1.165) is 18.2 Å². The molecule has 1 aliphatic heterocycles. The van der Waals surface area contributed by atoms with Crippen LogP contribution in [0.2, 0.25) is 0 Å². The molecular weight excluding hydrogens is 305 g/mol. The second-order valence-corrected chi connectivity index (χ2v) is 6.51. The summed E-state index contributed by atoms with van der Waals surface area (Å²) in [5.74, 6) is -2.35. The Morgan fingerprint density at radius 1 is 1.48 bits per heavy atom. The molecule has 0 aromatic heterocycles. The van der Waals surface area contributed by atoms with Gasteiger partial charge in [0.1, 0.15) is 6.04 Å². The van der Waals surface area contributed by atoms with Crippen LogP contribution < -0.4 is 4.74 Å². The van der Waals surface area contributed by atoms with Gasteiger partial charge in [0.15, 0.2) is 11.6 Å². The highest BCUT2D eigenvalue weighted by molar-refractivity contribution is 7.89. The van der Waals surface area contributed by atoms with Gasteiger partial charge in [-0.1, -0.05) is 0 Å². The maximum Gasteiger partial charge on any atom is 0.322 e. The Morgan fingerprint density at radius 2 is 2.14 bits per heavy atom. The van der Waals surface area contributed by atoms with Crippen LogP contribution in [0.25, 0.3) is 0 Å². The van der Waals surface area contributed by atoms with Gasteiger partial charge in [-0.25, -0.2) is 12.8 Å². The number of carboxylic acids is 1. The van der Waals surface area contributed by atoms with E-state index in [1.165, 1.54) is 7.11 Å². The van der Waals surface area contributed by atoms with Crippen molar-refractivity contribution < 1.29 is 32.6 Å². The summed E-state index contributed by atoms with van der Waals surface area (Å²) < 4.78 is 43.8. The molecule has 0 saturated carbocycles. The third kappa shape index (κ3) is 2.85. The van der Waals surface area contributed by atoms with E-state index in [9.17, 15) is 22.7 Å². The molecule has 2 atom stereocenters. The zero-order valence-electron chi connectivity index (χ0n) is 11.1. The van der Waals surface area contributed by atoms with Crippen LogP contribution in [-0.2, 0) is 14.8 Å². The molecule has 116 valence electrons. The van der Waals surface area contributed by atoms with Gasteiger partial charge in [-0.2, -0.15) is 4.31 Å². The zero-order chi connectivity index (χ0) is 15.8. The molecule has 1 heterocycles. The fourth-order valence-corrected chi connectivity index (χ4v) is 3.86. The molecule has 1 saturated heterocycles. The van der Waals surface area contributed by atoms with Gasteiger partial charge in [-0.3, -0.25) is 4.79 Å². The average molecular weight is 319 g/mol. The number of nitrogens with zero attached hydrogens (tertiary/aromatic N) is 1. The zero-order valence-corrected chi connectivity index (χ0v) is 11.9. The number of benzene rings is 1. The Balaban J connectivity index is 2.42. The van der Waals surface area contributed by atoms with Crippen molar-refractivity contribution in [1.29, 1.82) is 0 Å². The van der Waals surface area contributed by atoms with Gasteiger partial charge in [-0.15, -0.1) is 0 Å². The minimum atomic E-state index is -4.22. The third-order valence-electron chi connectivity index (χ3n) is 3.25. The number of halogens is 1. The second-order valence-electron chi connectivity index (χ2n) is 4.61. The maximum absolute atomic E-state index is 13.6. The fourth-order valence-electron chi connectivity index (χ4n) is 2.22. The predicted octanol–water partition coefficient (Wildman–Crippen LogP) is 0.0428. The number of hydrogen-bond acceptors (Lipinski definition) is 5. The van der Waals surface area contributed by atoms with Gasteiger partial charge in [-0.05, 0) is 18.2 Å². The van der Waals surface area contributed by atoms with Crippen molar-refractivity contribution in [3.05, 3.63) is 24.0 Å². The first-order valence-electron chi connectivity index (χ1n) is 6.03. The van der Waals surface area contributed by atoms with Gasteiger partial charge >= 0.3 is 5.97 Å². The lowest BCUT2D eigenvalue weighted by Gasteiger charge is -2.20. The summed E-state index contributed by atoms with van der Waals surface area (Å²) in [6, 6.07) is 1.67. The van der Waals surface area contributed by atoms with Crippen LogP contribution in [0.15, 0.2) is 23.1 Å². The lowest BCUT2D eigenvalue weighted by Crippen LogP contribution is -2.40. The van der Waals surface area contributed by atoms with Gasteiger partial charge in [0.25, 0.3) is 0 Å². The number of aliphatic hydroxyl groups excluding tert-OH is 1. The average Bonchev–Trinajstić information content (AvgIpc) is 2.81. The van der Waals surface area contributed by atoms with E-state index in [4.69, 9.17) is 9.84 Å². The summed E-state index contributed by atoms with van der Waals surface area (Å²) in [6.45, 7) is -0.340. The van der Waals surface area contributed by atoms with E-state index in [-0.39, 0.29) is 23.6 Å². The standard InChI is InChI=1S/C12H14FNO6S/c1-20-11-3-2-8(5-9(11)13)21(18,19)14-6-7(15)4-10(14)12(16)17/h2-3,5,7,10,15H,4,6H2,1H3,(H,16,17)/t7-,10-/m0/s1. The van der Waals surface area contributed by atoms with Crippen LogP contribution in [0.1, 0.15) is 6.42 Å². The van der Waals surface area contributed by atoms with E-state index in [0.29, 0.717) is 4.31 Å². The second kappa shape index (κ2) is 5.58. The SMILES string of the molecule is COc1ccc(S(=O)(=O)N2C[C@@H](O)C[C@H]2C(=O)O)cc1F. The third-order valence-corrected chi connectivity index (χ3v) is 5.12. The van der Waals surface area contributed by atoms with Crippen LogP contribution >= 0.6 is 0 Å². The van der Waals surface area contributed by atoms with Crippen LogP contribution in [0.5, 0.6) is 5.75 Å². The summed E-state index contributed by atoms with van der Waals surface area (Å²) in [4.78, 5) is 10.7. The quantitative estimate of drug-likeness (QED) is 0.812. The summed E-state index contributed by atoms with van der Waals surface area (Å²) in [5.41, 5.74) is 0. The number of sulfonamides is 1. The van der Waals surface area contributed by atoms with Crippen LogP contribution in [0.3, 0.4) is 0 Å². The van der Waals surface area contributed by atoms with Crippen molar-refractivity contribution in [1.82, 2.24) is 4.31 Å². The van der Waals surface area contributed by atoms with E-state index >= 15 is 0 Å². The molecule has 0 aliphatic carbocycles. The van der Waals surface area contributed by atoms with Gasteiger partial charge in [0, 0.05) is 13.0 Å². The number of methoxy groups -OCH3 is 1. The molecule has 2 N–H and O–H groups in total. The van der Waals surface area contributed by atoms with E-state index in [1.807, 2.05) is 0 Å². The molecule has 1 aliphatic rings. The highest BCUT2D eigenvalue weighted by Crippen LogP contribution is 2.28. The molecule has 7 nitrogen and oxygen atoms in total. The minimum Gasteiger partial charge on any atom is -0.494 e. The van der Waals surface area contributed by atoms with E-state index < -0.39 is 34.0 Å². The number of aliphatic carboxylic acids is 1. The first-order valence-corrected chi connectivity index (χ1v) is 7.47. The highest BCUT2D eigenvalue weighted by atomic mass is 32.2. The first-order chi connectivity index (χ1) is 9.77. The van der Waals surface area contributed by atoms with Crippen molar-refractivity contribution in [2.45, 2.75) is 23.5 Å².